The quantitative estimate of drug-likeness (QED) is 0.0941. The lowest BCUT2D eigenvalue weighted by molar-refractivity contribution is -0.142. The third kappa shape index (κ3) is 20.6. The topological polar surface area (TPSA) is 196 Å². The summed E-state index contributed by atoms with van der Waals surface area (Å²) in [5, 5.41) is 42.1. The first-order valence-corrected chi connectivity index (χ1v) is 15.8. The van der Waals surface area contributed by atoms with Crippen LogP contribution in [-0.2, 0) is 23.9 Å². The predicted molar refractivity (Wildman–Crippen MR) is 161 cm³/mol. The SMILES string of the molecule is CCC(CO)(CO)CO.O=C1CCCCCO1.O=C=NC1CCC(CC2CCC(N=C=O)CC2)CC1.OCCOCCO. The van der Waals surface area contributed by atoms with E-state index in [1.807, 2.05) is 6.92 Å². The molecule has 0 atom stereocenters. The summed E-state index contributed by atoms with van der Waals surface area (Å²) in [5.41, 5.74) is -0.667. The van der Waals surface area contributed by atoms with Gasteiger partial charge in [-0.1, -0.05) is 6.92 Å². The van der Waals surface area contributed by atoms with Crippen molar-refractivity contribution < 1.29 is 49.4 Å². The second-order valence-electron chi connectivity index (χ2n) is 11.4. The number of aliphatic imine (C=N–C) groups is 2. The monoisotopic (exact) mass is 616 g/mol. The highest BCUT2D eigenvalue weighted by atomic mass is 16.5. The van der Waals surface area contributed by atoms with Gasteiger partial charge in [0.25, 0.3) is 0 Å². The molecule has 0 aromatic carbocycles. The van der Waals surface area contributed by atoms with Crippen LogP contribution in [0.25, 0.3) is 0 Å². The first-order valence-electron chi connectivity index (χ1n) is 15.8. The molecule has 3 rings (SSSR count). The van der Waals surface area contributed by atoms with E-state index in [0.717, 1.165) is 56.8 Å². The summed E-state index contributed by atoms with van der Waals surface area (Å²) >= 11 is 0. The van der Waals surface area contributed by atoms with Crippen LogP contribution >= 0.6 is 0 Å². The van der Waals surface area contributed by atoms with E-state index < -0.39 is 5.41 Å². The molecule has 1 aliphatic heterocycles. The van der Waals surface area contributed by atoms with Crippen molar-refractivity contribution in [3.05, 3.63) is 0 Å². The normalized spacial score (nSPS) is 23.5. The van der Waals surface area contributed by atoms with E-state index in [2.05, 4.69) is 14.7 Å². The molecule has 3 fully saturated rings. The number of ether oxygens (including phenoxy) is 2. The Labute approximate surface area is 256 Å². The Morgan fingerprint density at radius 3 is 1.58 bits per heavy atom. The Hall–Kier alpha value is -2.01. The molecule has 2 saturated carbocycles. The predicted octanol–water partition coefficient (Wildman–Crippen LogP) is 2.62. The molecular weight excluding hydrogens is 560 g/mol. The van der Waals surface area contributed by atoms with Crippen molar-refractivity contribution in [3.63, 3.8) is 0 Å². The van der Waals surface area contributed by atoms with Gasteiger partial charge in [-0.25, -0.2) is 19.6 Å². The molecular formula is C31H56N2O10. The minimum absolute atomic E-state index is 0.0255. The van der Waals surface area contributed by atoms with Crippen molar-refractivity contribution >= 4 is 18.1 Å². The van der Waals surface area contributed by atoms with Gasteiger partial charge in [-0.15, -0.1) is 0 Å². The Morgan fingerprint density at radius 2 is 1.23 bits per heavy atom. The number of carbonyl (C=O) groups excluding carboxylic acids is 3. The minimum atomic E-state index is -0.667. The Morgan fingerprint density at radius 1 is 0.767 bits per heavy atom. The van der Waals surface area contributed by atoms with E-state index in [0.29, 0.717) is 32.7 Å². The van der Waals surface area contributed by atoms with Crippen LogP contribution < -0.4 is 0 Å². The van der Waals surface area contributed by atoms with E-state index in [9.17, 15) is 14.4 Å². The number of nitrogens with zero attached hydrogens (tertiary/aromatic N) is 2. The molecule has 1 heterocycles. The van der Waals surface area contributed by atoms with Gasteiger partial charge in [0, 0.05) is 11.8 Å². The highest BCUT2D eigenvalue weighted by Gasteiger charge is 2.27. The summed E-state index contributed by atoms with van der Waals surface area (Å²) in [5.74, 6) is 1.57. The van der Waals surface area contributed by atoms with Crippen LogP contribution in [0.3, 0.4) is 0 Å². The Kier molecular flexibility index (Phi) is 26.2. The van der Waals surface area contributed by atoms with Crippen molar-refractivity contribution in [2.45, 2.75) is 109 Å². The smallest absolute Gasteiger partial charge is 0.305 e. The summed E-state index contributed by atoms with van der Waals surface area (Å²) < 4.78 is 9.40. The first-order chi connectivity index (χ1) is 20.9. The molecule has 0 aromatic heterocycles. The lowest BCUT2D eigenvalue weighted by Gasteiger charge is -2.31. The van der Waals surface area contributed by atoms with Crippen LogP contribution in [0.4, 0.5) is 0 Å². The summed E-state index contributed by atoms with van der Waals surface area (Å²) in [7, 11) is 0. The van der Waals surface area contributed by atoms with Crippen LogP contribution in [0.2, 0.25) is 0 Å². The molecule has 0 unspecified atom stereocenters. The van der Waals surface area contributed by atoms with Crippen molar-refractivity contribution in [2.24, 2.45) is 27.2 Å². The second kappa shape index (κ2) is 27.5. The lowest BCUT2D eigenvalue weighted by Crippen LogP contribution is -2.32. The maximum Gasteiger partial charge on any atom is 0.305 e. The van der Waals surface area contributed by atoms with Gasteiger partial charge in [0.2, 0.25) is 12.2 Å². The second-order valence-corrected chi connectivity index (χ2v) is 11.4. The lowest BCUT2D eigenvalue weighted by atomic mass is 9.76. The zero-order valence-corrected chi connectivity index (χ0v) is 26.0. The third-order valence-electron chi connectivity index (χ3n) is 8.29. The molecule has 2 aliphatic carbocycles. The average Bonchev–Trinajstić information content (AvgIpc) is 3.29. The van der Waals surface area contributed by atoms with Crippen LogP contribution in [0.15, 0.2) is 9.98 Å². The Bertz CT molecular complexity index is 699. The molecule has 0 amide bonds. The molecule has 12 nitrogen and oxygen atoms in total. The van der Waals surface area contributed by atoms with Gasteiger partial charge < -0.3 is 35.0 Å². The van der Waals surface area contributed by atoms with Crippen LogP contribution in [-0.4, -0.2) is 109 Å². The van der Waals surface area contributed by atoms with E-state index in [1.54, 1.807) is 12.2 Å². The van der Waals surface area contributed by atoms with Crippen molar-refractivity contribution in [2.75, 3.05) is 52.9 Å². The number of hydrogen-bond donors (Lipinski definition) is 5. The standard InChI is InChI=1S/C15H22N2O2.C6H14O3.C6H10O2.C4H10O3/c18-10-16-14-5-1-12(2-6-14)9-13-3-7-15(8-4-13)17-11-19;1-2-6(3-7,4-8)5-9;7-6-4-2-1-3-5-8-6;5-1-3-7-4-2-6/h12-15H,1-9H2;7-9H,2-5H2,1H3;1-5H2;5-6H,1-4H2. The van der Waals surface area contributed by atoms with Crippen molar-refractivity contribution in [1.82, 2.24) is 0 Å². The maximum absolute atomic E-state index is 10.5. The van der Waals surface area contributed by atoms with Gasteiger partial charge in [-0.2, -0.15) is 0 Å². The fourth-order valence-corrected chi connectivity index (χ4v) is 5.16. The van der Waals surface area contributed by atoms with Crippen LogP contribution in [0, 0.1) is 17.3 Å². The largest absolute Gasteiger partial charge is 0.466 e. The fraction of sp³-hybridized carbons (Fsp3) is 0.903. The van der Waals surface area contributed by atoms with Gasteiger partial charge in [0.1, 0.15) is 0 Å². The van der Waals surface area contributed by atoms with Gasteiger partial charge in [0.15, 0.2) is 0 Å². The van der Waals surface area contributed by atoms with E-state index in [4.69, 9.17) is 30.3 Å². The zero-order chi connectivity index (χ0) is 32.2. The third-order valence-corrected chi connectivity index (χ3v) is 8.29. The number of esters is 1. The summed E-state index contributed by atoms with van der Waals surface area (Å²) in [6.45, 7) is 2.69. The highest BCUT2D eigenvalue weighted by Crippen LogP contribution is 2.36. The van der Waals surface area contributed by atoms with Gasteiger partial charge in [-0.05, 0) is 95.3 Å². The molecule has 5 N–H and O–H groups in total. The number of rotatable bonds is 12. The number of cyclic esters (lactones) is 1. The average molecular weight is 617 g/mol. The number of isocyanates is 2. The number of hydrogen-bond acceptors (Lipinski definition) is 12. The van der Waals surface area contributed by atoms with E-state index >= 15 is 0 Å². The number of aliphatic hydroxyl groups is 5. The highest BCUT2D eigenvalue weighted by molar-refractivity contribution is 5.69. The van der Waals surface area contributed by atoms with Crippen molar-refractivity contribution in [1.29, 1.82) is 0 Å². The molecule has 12 heteroatoms. The minimum Gasteiger partial charge on any atom is -0.466 e. The van der Waals surface area contributed by atoms with E-state index in [1.165, 1.54) is 32.1 Å². The molecule has 0 bridgehead atoms. The van der Waals surface area contributed by atoms with Crippen LogP contribution in [0.5, 0.6) is 0 Å². The van der Waals surface area contributed by atoms with E-state index in [-0.39, 0.29) is 51.1 Å². The molecule has 0 aromatic rings. The summed E-state index contributed by atoms with van der Waals surface area (Å²) in [4.78, 5) is 38.6. The molecule has 0 radical (unpaired) electrons. The molecule has 43 heavy (non-hydrogen) atoms. The van der Waals surface area contributed by atoms with Crippen LogP contribution in [0.1, 0.15) is 96.8 Å². The summed E-state index contributed by atoms with van der Waals surface area (Å²) in [6.07, 6.45) is 18.1. The molecule has 0 spiro atoms. The number of carbonyl (C=O) groups is 1. The maximum atomic E-state index is 10.5. The Balaban J connectivity index is 0.000000615. The number of aliphatic hydroxyl groups excluding tert-OH is 5. The summed E-state index contributed by atoms with van der Waals surface area (Å²) in [6, 6.07) is 0.456. The van der Waals surface area contributed by atoms with Gasteiger partial charge >= 0.3 is 5.97 Å². The molecule has 1 saturated heterocycles. The first kappa shape index (κ1) is 41.0. The van der Waals surface area contributed by atoms with Gasteiger partial charge in [0.05, 0.1) is 64.9 Å². The zero-order valence-electron chi connectivity index (χ0n) is 26.0. The van der Waals surface area contributed by atoms with Crippen molar-refractivity contribution in [3.8, 4) is 0 Å². The van der Waals surface area contributed by atoms with Gasteiger partial charge in [-0.3, -0.25) is 4.79 Å². The fourth-order valence-electron chi connectivity index (χ4n) is 5.16. The molecule has 250 valence electrons. The molecule has 3 aliphatic rings.